The van der Waals surface area contributed by atoms with Gasteiger partial charge in [0.15, 0.2) is 0 Å². The molecule has 1 atom stereocenters. The summed E-state index contributed by atoms with van der Waals surface area (Å²) >= 11 is 0. The summed E-state index contributed by atoms with van der Waals surface area (Å²) in [5, 5.41) is 3.01. The minimum Gasteiger partial charge on any atom is -0.399 e. The summed E-state index contributed by atoms with van der Waals surface area (Å²) in [4.78, 5) is 0. The molecule has 0 saturated heterocycles. The van der Waals surface area contributed by atoms with Gasteiger partial charge in [0.25, 0.3) is 6.43 Å². The number of halogens is 2. The average Bonchev–Trinajstić information content (AvgIpc) is 2.20. The highest BCUT2D eigenvalue weighted by atomic mass is 19.3. The van der Waals surface area contributed by atoms with Gasteiger partial charge >= 0.3 is 0 Å². The Balaban J connectivity index is 2.90. The molecule has 4 heteroatoms. The summed E-state index contributed by atoms with van der Waals surface area (Å²) < 4.78 is 25.5. The van der Waals surface area contributed by atoms with Crippen LogP contribution in [0.5, 0.6) is 0 Å². The monoisotopic (exact) mass is 226 g/mol. The molecule has 0 bridgehead atoms. The number of benzene rings is 1. The van der Waals surface area contributed by atoms with E-state index in [1.807, 2.05) is 6.92 Å². The summed E-state index contributed by atoms with van der Waals surface area (Å²) in [6.07, 6.45) is -0.0636. The largest absolute Gasteiger partial charge is 0.399 e. The Kier molecular flexibility index (Phi) is 4.28. The van der Waals surface area contributed by atoms with E-state index in [-0.39, 0.29) is 11.6 Å². The lowest BCUT2D eigenvalue weighted by Gasteiger charge is -2.17. The van der Waals surface area contributed by atoms with Gasteiger partial charge in [-0.1, -0.05) is 6.08 Å². The summed E-state index contributed by atoms with van der Waals surface area (Å²) in [5.74, 6) is 0. The van der Waals surface area contributed by atoms with Crippen molar-refractivity contribution in [1.82, 2.24) is 0 Å². The Morgan fingerprint density at radius 2 is 2.19 bits per heavy atom. The van der Waals surface area contributed by atoms with Crippen molar-refractivity contribution in [2.75, 3.05) is 11.1 Å². The second-order valence-electron chi connectivity index (χ2n) is 3.72. The highest BCUT2D eigenvalue weighted by Crippen LogP contribution is 2.29. The molecule has 0 saturated carbocycles. The van der Waals surface area contributed by atoms with Crippen LogP contribution in [0.15, 0.2) is 30.9 Å². The zero-order valence-corrected chi connectivity index (χ0v) is 9.21. The van der Waals surface area contributed by atoms with Crippen LogP contribution in [0.1, 0.15) is 25.3 Å². The standard InChI is InChI=1S/C12H16F2N2/c1-3-4-8(2)16-11-6-5-9(15)7-10(11)12(13)14/h3,5-8,12,16H,1,4,15H2,2H3. The van der Waals surface area contributed by atoms with Crippen LogP contribution in [-0.2, 0) is 0 Å². The fraction of sp³-hybridized carbons (Fsp3) is 0.333. The number of alkyl halides is 2. The van der Waals surface area contributed by atoms with Gasteiger partial charge in [-0.25, -0.2) is 8.78 Å². The molecule has 0 aliphatic carbocycles. The molecule has 0 spiro atoms. The lowest BCUT2D eigenvalue weighted by Crippen LogP contribution is -2.15. The maximum Gasteiger partial charge on any atom is 0.265 e. The van der Waals surface area contributed by atoms with Crippen LogP contribution in [0.2, 0.25) is 0 Å². The number of nitrogen functional groups attached to an aromatic ring is 1. The fourth-order valence-corrected chi connectivity index (χ4v) is 1.47. The lowest BCUT2D eigenvalue weighted by molar-refractivity contribution is 0.152. The zero-order valence-electron chi connectivity index (χ0n) is 9.21. The van der Waals surface area contributed by atoms with Gasteiger partial charge in [0.05, 0.1) is 0 Å². The van der Waals surface area contributed by atoms with Crippen LogP contribution < -0.4 is 11.1 Å². The van der Waals surface area contributed by atoms with Gasteiger partial charge in [0.1, 0.15) is 0 Å². The first-order chi connectivity index (χ1) is 7.54. The number of rotatable bonds is 5. The summed E-state index contributed by atoms with van der Waals surface area (Å²) in [6.45, 7) is 5.52. The third-order valence-corrected chi connectivity index (χ3v) is 2.23. The van der Waals surface area contributed by atoms with E-state index in [0.29, 0.717) is 17.8 Å². The molecule has 0 aromatic heterocycles. The van der Waals surface area contributed by atoms with Crippen LogP contribution >= 0.6 is 0 Å². The zero-order chi connectivity index (χ0) is 12.1. The molecule has 0 heterocycles. The minimum absolute atomic E-state index is 0.0593. The van der Waals surface area contributed by atoms with Crippen molar-refractivity contribution in [2.45, 2.75) is 25.8 Å². The van der Waals surface area contributed by atoms with E-state index in [2.05, 4.69) is 11.9 Å². The number of anilines is 2. The quantitative estimate of drug-likeness (QED) is 0.595. The van der Waals surface area contributed by atoms with E-state index in [0.717, 1.165) is 0 Å². The third kappa shape index (κ3) is 3.22. The van der Waals surface area contributed by atoms with Gasteiger partial charge in [-0.2, -0.15) is 0 Å². The van der Waals surface area contributed by atoms with Crippen LogP contribution in [0, 0.1) is 0 Å². The second kappa shape index (κ2) is 5.49. The van der Waals surface area contributed by atoms with Crippen LogP contribution in [0.4, 0.5) is 20.2 Å². The Morgan fingerprint density at radius 3 is 2.75 bits per heavy atom. The Bertz CT molecular complexity index is 364. The summed E-state index contributed by atoms with van der Waals surface area (Å²) in [5.41, 5.74) is 6.19. The highest BCUT2D eigenvalue weighted by molar-refractivity contribution is 5.59. The van der Waals surface area contributed by atoms with Gasteiger partial charge < -0.3 is 11.1 Å². The molecule has 1 aromatic carbocycles. The van der Waals surface area contributed by atoms with Crippen LogP contribution in [-0.4, -0.2) is 6.04 Å². The molecule has 0 radical (unpaired) electrons. The van der Waals surface area contributed by atoms with E-state index in [1.165, 1.54) is 6.07 Å². The van der Waals surface area contributed by atoms with Crippen molar-refractivity contribution in [3.63, 3.8) is 0 Å². The van der Waals surface area contributed by atoms with Gasteiger partial charge in [-0.15, -0.1) is 6.58 Å². The van der Waals surface area contributed by atoms with Crippen molar-refractivity contribution < 1.29 is 8.78 Å². The molecule has 16 heavy (non-hydrogen) atoms. The number of nitrogens with two attached hydrogens (primary N) is 1. The summed E-state index contributed by atoms with van der Waals surface area (Å²) in [7, 11) is 0. The molecule has 0 fully saturated rings. The van der Waals surface area contributed by atoms with Crippen molar-refractivity contribution >= 4 is 11.4 Å². The molecule has 0 aliphatic heterocycles. The number of hydrogen-bond acceptors (Lipinski definition) is 2. The predicted molar refractivity (Wildman–Crippen MR) is 63.7 cm³/mol. The van der Waals surface area contributed by atoms with E-state index in [4.69, 9.17) is 5.73 Å². The second-order valence-corrected chi connectivity index (χ2v) is 3.72. The Morgan fingerprint density at radius 1 is 1.50 bits per heavy atom. The van der Waals surface area contributed by atoms with Crippen LogP contribution in [0.3, 0.4) is 0 Å². The van der Waals surface area contributed by atoms with Gasteiger partial charge in [-0.05, 0) is 31.5 Å². The highest BCUT2D eigenvalue weighted by Gasteiger charge is 2.14. The van der Waals surface area contributed by atoms with Gasteiger partial charge in [-0.3, -0.25) is 0 Å². The predicted octanol–water partition coefficient (Wildman–Crippen LogP) is 3.58. The Hall–Kier alpha value is -1.58. The maximum absolute atomic E-state index is 12.7. The topological polar surface area (TPSA) is 38.0 Å². The van der Waals surface area contributed by atoms with E-state index in [1.54, 1.807) is 18.2 Å². The molecule has 0 aliphatic rings. The lowest BCUT2D eigenvalue weighted by atomic mass is 10.1. The minimum atomic E-state index is -2.53. The molecule has 0 amide bonds. The SMILES string of the molecule is C=CCC(C)Nc1ccc(N)cc1C(F)F. The number of hydrogen-bond donors (Lipinski definition) is 2. The molecular weight excluding hydrogens is 210 g/mol. The smallest absolute Gasteiger partial charge is 0.265 e. The molecule has 88 valence electrons. The first-order valence-electron chi connectivity index (χ1n) is 5.09. The Labute approximate surface area is 94.2 Å². The fourth-order valence-electron chi connectivity index (χ4n) is 1.47. The first-order valence-corrected chi connectivity index (χ1v) is 5.09. The van der Waals surface area contributed by atoms with E-state index in [9.17, 15) is 8.78 Å². The molecule has 1 rings (SSSR count). The average molecular weight is 226 g/mol. The number of nitrogens with one attached hydrogen (secondary N) is 1. The van der Waals surface area contributed by atoms with Crippen molar-refractivity contribution in [3.8, 4) is 0 Å². The van der Waals surface area contributed by atoms with Crippen molar-refractivity contribution in [1.29, 1.82) is 0 Å². The van der Waals surface area contributed by atoms with Crippen molar-refractivity contribution in [2.24, 2.45) is 0 Å². The van der Waals surface area contributed by atoms with Crippen LogP contribution in [0.25, 0.3) is 0 Å². The summed E-state index contributed by atoms with van der Waals surface area (Å²) in [6, 6.07) is 4.55. The van der Waals surface area contributed by atoms with Gasteiger partial charge in [0.2, 0.25) is 0 Å². The van der Waals surface area contributed by atoms with Crippen molar-refractivity contribution in [3.05, 3.63) is 36.4 Å². The molecule has 1 aromatic rings. The molecule has 2 nitrogen and oxygen atoms in total. The maximum atomic E-state index is 12.7. The molecule has 3 N–H and O–H groups in total. The normalized spacial score (nSPS) is 12.5. The van der Waals surface area contributed by atoms with E-state index < -0.39 is 6.43 Å². The third-order valence-electron chi connectivity index (χ3n) is 2.23. The molecular formula is C12H16F2N2. The first kappa shape index (κ1) is 12.5. The molecule has 1 unspecified atom stereocenters. The van der Waals surface area contributed by atoms with Gasteiger partial charge in [0, 0.05) is 23.0 Å². The van der Waals surface area contributed by atoms with E-state index >= 15 is 0 Å².